The molecule has 0 bridgehead atoms. The lowest BCUT2D eigenvalue weighted by Crippen LogP contribution is -1.94. The highest BCUT2D eigenvalue weighted by atomic mass is 19.1. The van der Waals surface area contributed by atoms with Crippen molar-refractivity contribution in [3.8, 4) is 0 Å². The molecule has 0 N–H and O–H groups in total. The zero-order valence-corrected chi connectivity index (χ0v) is 9.57. The third-order valence-corrected chi connectivity index (χ3v) is 2.74. The SMILES string of the molecule is Cc1ccc(C(F)c2ccc(C)cc2)cc1. The Labute approximate surface area is 95.7 Å². The van der Waals surface area contributed by atoms with Crippen LogP contribution in [0.1, 0.15) is 28.4 Å². The Balaban J connectivity index is 2.28. The van der Waals surface area contributed by atoms with Gasteiger partial charge in [-0.3, -0.25) is 0 Å². The molecule has 82 valence electrons. The molecule has 0 saturated carbocycles. The first-order valence-electron chi connectivity index (χ1n) is 5.44. The molecular weight excluding hydrogens is 199 g/mol. The smallest absolute Gasteiger partial charge is 0.150 e. The summed E-state index contributed by atoms with van der Waals surface area (Å²) in [7, 11) is 0. The summed E-state index contributed by atoms with van der Waals surface area (Å²) in [5, 5.41) is 0. The normalized spacial score (nSPS) is 10.8. The predicted octanol–water partition coefficient (Wildman–Crippen LogP) is 4.36. The molecule has 0 amide bonds. The first-order valence-corrected chi connectivity index (χ1v) is 5.44. The number of rotatable bonds is 2. The highest BCUT2D eigenvalue weighted by Crippen LogP contribution is 2.26. The maximum Gasteiger partial charge on any atom is 0.150 e. The molecule has 0 spiro atoms. The Hall–Kier alpha value is -1.63. The van der Waals surface area contributed by atoms with Crippen LogP contribution in [0, 0.1) is 13.8 Å². The molecule has 0 saturated heterocycles. The molecule has 0 aliphatic carbocycles. The molecule has 0 atom stereocenters. The molecule has 0 nitrogen and oxygen atoms in total. The van der Waals surface area contributed by atoms with Gasteiger partial charge in [-0.2, -0.15) is 0 Å². The van der Waals surface area contributed by atoms with Crippen LogP contribution in [0.5, 0.6) is 0 Å². The Morgan fingerprint density at radius 3 is 1.31 bits per heavy atom. The Morgan fingerprint density at radius 1 is 0.688 bits per heavy atom. The molecule has 2 aromatic carbocycles. The number of benzene rings is 2. The maximum absolute atomic E-state index is 14.1. The van der Waals surface area contributed by atoms with Crippen molar-refractivity contribution in [2.75, 3.05) is 0 Å². The van der Waals surface area contributed by atoms with E-state index in [1.54, 1.807) is 0 Å². The molecule has 1 heteroatoms. The fourth-order valence-electron chi connectivity index (χ4n) is 1.66. The Bertz CT molecular complexity index is 408. The van der Waals surface area contributed by atoms with Gasteiger partial charge >= 0.3 is 0 Å². The van der Waals surface area contributed by atoms with Gasteiger partial charge in [0.1, 0.15) is 0 Å². The molecule has 2 rings (SSSR count). The lowest BCUT2D eigenvalue weighted by molar-refractivity contribution is 0.402. The zero-order chi connectivity index (χ0) is 11.5. The van der Waals surface area contributed by atoms with E-state index >= 15 is 0 Å². The standard InChI is InChI=1S/C15H15F/c1-11-3-7-13(8-4-11)15(16)14-9-5-12(2)6-10-14/h3-10,15H,1-2H3. The molecule has 0 aliphatic heterocycles. The van der Waals surface area contributed by atoms with Crippen LogP contribution in [-0.4, -0.2) is 0 Å². The summed E-state index contributed by atoms with van der Waals surface area (Å²) in [4.78, 5) is 0. The highest BCUT2D eigenvalue weighted by molar-refractivity contribution is 5.32. The van der Waals surface area contributed by atoms with Crippen LogP contribution < -0.4 is 0 Å². The number of alkyl halides is 1. The quantitative estimate of drug-likeness (QED) is 0.696. The third-order valence-electron chi connectivity index (χ3n) is 2.74. The van der Waals surface area contributed by atoms with Crippen molar-refractivity contribution in [1.82, 2.24) is 0 Å². The van der Waals surface area contributed by atoms with Crippen LogP contribution in [0.4, 0.5) is 4.39 Å². The Kier molecular flexibility index (Phi) is 3.04. The third kappa shape index (κ3) is 2.30. The van der Waals surface area contributed by atoms with Gasteiger partial charge < -0.3 is 0 Å². The fraction of sp³-hybridized carbons (Fsp3) is 0.200. The topological polar surface area (TPSA) is 0 Å². The van der Waals surface area contributed by atoms with Crippen molar-refractivity contribution >= 4 is 0 Å². The van der Waals surface area contributed by atoms with E-state index in [2.05, 4.69) is 0 Å². The van der Waals surface area contributed by atoms with Crippen LogP contribution in [-0.2, 0) is 0 Å². The average molecular weight is 214 g/mol. The van der Waals surface area contributed by atoms with E-state index in [4.69, 9.17) is 0 Å². The van der Waals surface area contributed by atoms with Crippen LogP contribution in [0.15, 0.2) is 48.5 Å². The first-order chi connectivity index (χ1) is 7.66. The summed E-state index contributed by atoms with van der Waals surface area (Å²) in [6.07, 6.45) is -1.03. The van der Waals surface area contributed by atoms with Crippen molar-refractivity contribution in [3.63, 3.8) is 0 Å². The Morgan fingerprint density at radius 2 is 1.00 bits per heavy atom. The summed E-state index contributed by atoms with van der Waals surface area (Å²) >= 11 is 0. The largest absolute Gasteiger partial charge is 0.237 e. The highest BCUT2D eigenvalue weighted by Gasteiger charge is 2.11. The second-order valence-corrected chi connectivity index (χ2v) is 4.18. The van der Waals surface area contributed by atoms with Crippen molar-refractivity contribution in [2.24, 2.45) is 0 Å². The van der Waals surface area contributed by atoms with Gasteiger partial charge in [0.15, 0.2) is 6.17 Å². The van der Waals surface area contributed by atoms with E-state index < -0.39 is 6.17 Å². The number of hydrogen-bond acceptors (Lipinski definition) is 0. The van der Waals surface area contributed by atoms with Crippen molar-refractivity contribution in [2.45, 2.75) is 20.0 Å². The van der Waals surface area contributed by atoms with E-state index in [9.17, 15) is 4.39 Å². The van der Waals surface area contributed by atoms with Gasteiger partial charge in [-0.1, -0.05) is 59.7 Å². The second-order valence-electron chi connectivity index (χ2n) is 4.18. The summed E-state index contributed by atoms with van der Waals surface area (Å²) in [5.41, 5.74) is 3.74. The second kappa shape index (κ2) is 4.48. The van der Waals surface area contributed by atoms with Crippen LogP contribution in [0.25, 0.3) is 0 Å². The van der Waals surface area contributed by atoms with E-state index in [-0.39, 0.29) is 0 Å². The summed E-state index contributed by atoms with van der Waals surface area (Å²) in [6, 6.07) is 15.2. The molecule has 0 radical (unpaired) electrons. The van der Waals surface area contributed by atoms with Crippen molar-refractivity contribution < 1.29 is 4.39 Å². The van der Waals surface area contributed by atoms with Gasteiger partial charge in [0.2, 0.25) is 0 Å². The van der Waals surface area contributed by atoms with Gasteiger partial charge in [0.05, 0.1) is 0 Å². The molecule has 0 aliphatic rings. The summed E-state index contributed by atoms with van der Waals surface area (Å²) in [5.74, 6) is 0. The summed E-state index contributed by atoms with van der Waals surface area (Å²) < 4.78 is 14.1. The molecule has 2 aromatic rings. The predicted molar refractivity (Wildman–Crippen MR) is 65.3 cm³/mol. The molecule has 0 unspecified atom stereocenters. The minimum Gasteiger partial charge on any atom is -0.237 e. The van der Waals surface area contributed by atoms with Crippen molar-refractivity contribution in [3.05, 3.63) is 70.8 Å². The van der Waals surface area contributed by atoms with Crippen molar-refractivity contribution in [1.29, 1.82) is 0 Å². The maximum atomic E-state index is 14.1. The van der Waals surface area contributed by atoms with E-state index in [0.717, 1.165) is 22.3 Å². The molecule has 0 aromatic heterocycles. The molecular formula is C15H15F. The van der Waals surface area contributed by atoms with Gasteiger partial charge in [-0.05, 0) is 25.0 Å². The van der Waals surface area contributed by atoms with E-state index in [0.29, 0.717) is 0 Å². The first kappa shape index (κ1) is 10.9. The zero-order valence-electron chi connectivity index (χ0n) is 9.57. The average Bonchev–Trinajstić information content (AvgIpc) is 2.30. The van der Waals surface area contributed by atoms with Gasteiger partial charge in [0, 0.05) is 0 Å². The van der Waals surface area contributed by atoms with E-state index in [1.165, 1.54) is 0 Å². The number of halogens is 1. The lowest BCUT2D eigenvalue weighted by atomic mass is 10.0. The summed E-state index contributed by atoms with van der Waals surface area (Å²) in [6.45, 7) is 4.01. The minimum atomic E-state index is -1.03. The van der Waals surface area contributed by atoms with Crippen LogP contribution in [0.2, 0.25) is 0 Å². The van der Waals surface area contributed by atoms with E-state index in [1.807, 2.05) is 62.4 Å². The molecule has 16 heavy (non-hydrogen) atoms. The van der Waals surface area contributed by atoms with Crippen LogP contribution in [0.3, 0.4) is 0 Å². The fourth-order valence-corrected chi connectivity index (χ4v) is 1.66. The van der Waals surface area contributed by atoms with Gasteiger partial charge in [0.25, 0.3) is 0 Å². The molecule has 0 fully saturated rings. The molecule has 0 heterocycles. The van der Waals surface area contributed by atoms with Gasteiger partial charge in [-0.15, -0.1) is 0 Å². The number of hydrogen-bond donors (Lipinski definition) is 0. The lowest BCUT2D eigenvalue weighted by Gasteiger charge is -2.09. The number of aryl methyl sites for hydroxylation is 2. The van der Waals surface area contributed by atoms with Gasteiger partial charge in [-0.25, -0.2) is 4.39 Å². The van der Waals surface area contributed by atoms with Crippen LogP contribution >= 0.6 is 0 Å². The minimum absolute atomic E-state index is 0.717. The monoisotopic (exact) mass is 214 g/mol.